The number of benzene rings is 2. The number of rotatable bonds is 4. The van der Waals surface area contributed by atoms with E-state index in [1.165, 1.54) is 12.7 Å². The summed E-state index contributed by atoms with van der Waals surface area (Å²) >= 11 is 0. The van der Waals surface area contributed by atoms with Gasteiger partial charge in [-0.3, -0.25) is 0 Å². The Morgan fingerprint density at radius 2 is 1.33 bits per heavy atom. The molecule has 0 atom stereocenters. The van der Waals surface area contributed by atoms with Gasteiger partial charge in [0.15, 0.2) is 0 Å². The van der Waals surface area contributed by atoms with Crippen molar-refractivity contribution in [2.75, 3.05) is 5.32 Å². The molecule has 0 amide bonds. The molecule has 102 valence electrons. The van der Waals surface area contributed by atoms with Crippen LogP contribution in [0.3, 0.4) is 0 Å². The summed E-state index contributed by atoms with van der Waals surface area (Å²) < 4.78 is 0. The molecule has 0 aliphatic rings. The lowest BCUT2D eigenvalue weighted by Crippen LogP contribution is -1.96. The molecule has 0 saturated heterocycles. The van der Waals surface area contributed by atoms with Crippen LogP contribution in [0.25, 0.3) is 0 Å². The first kappa shape index (κ1) is 12.9. The zero-order valence-electron chi connectivity index (χ0n) is 11.1. The van der Waals surface area contributed by atoms with Crippen molar-refractivity contribution in [1.82, 2.24) is 15.0 Å². The van der Waals surface area contributed by atoms with E-state index in [9.17, 15) is 0 Å². The third-order valence-corrected chi connectivity index (χ3v) is 2.65. The van der Waals surface area contributed by atoms with Crippen molar-refractivity contribution in [3.8, 4) is 0 Å². The highest BCUT2D eigenvalue weighted by Crippen LogP contribution is 2.21. The van der Waals surface area contributed by atoms with Crippen LogP contribution in [0.1, 0.15) is 0 Å². The van der Waals surface area contributed by atoms with Gasteiger partial charge in [0.2, 0.25) is 5.95 Å². The van der Waals surface area contributed by atoms with Crippen LogP contribution in [0.15, 0.2) is 77.5 Å². The van der Waals surface area contributed by atoms with Crippen molar-refractivity contribution in [2.24, 2.45) is 10.2 Å². The van der Waals surface area contributed by atoms with Gasteiger partial charge in [-0.2, -0.15) is 10.2 Å². The largest absolute Gasteiger partial charge is 0.324 e. The molecule has 3 aromatic rings. The molecular formula is C15H12N6. The van der Waals surface area contributed by atoms with Gasteiger partial charge >= 0.3 is 0 Å². The second-order valence-corrected chi connectivity index (χ2v) is 4.17. The lowest BCUT2D eigenvalue weighted by Gasteiger charge is -2.03. The Balaban J connectivity index is 1.68. The van der Waals surface area contributed by atoms with Crippen LogP contribution in [0.4, 0.5) is 23.0 Å². The Morgan fingerprint density at radius 3 is 2.00 bits per heavy atom. The standard InChI is InChI=1S/C15H12N6/c1-2-4-13(5-3-1)20-21-14-8-6-12(7-9-14)19-15-17-10-16-11-18-15/h1-11H,(H,16,17,18,19)/b21-20+. The average molecular weight is 276 g/mol. The van der Waals surface area contributed by atoms with Gasteiger partial charge in [0.05, 0.1) is 11.4 Å². The summed E-state index contributed by atoms with van der Waals surface area (Å²) in [5.74, 6) is 0.503. The summed E-state index contributed by atoms with van der Waals surface area (Å²) in [5, 5.41) is 11.4. The van der Waals surface area contributed by atoms with Crippen molar-refractivity contribution in [3.63, 3.8) is 0 Å². The molecule has 0 fully saturated rings. The van der Waals surface area contributed by atoms with Crippen molar-refractivity contribution in [1.29, 1.82) is 0 Å². The van der Waals surface area contributed by atoms with Gasteiger partial charge in [-0.15, -0.1) is 0 Å². The highest BCUT2D eigenvalue weighted by molar-refractivity contribution is 5.56. The molecule has 0 spiro atoms. The molecule has 0 radical (unpaired) electrons. The summed E-state index contributed by atoms with van der Waals surface area (Å²) in [7, 11) is 0. The van der Waals surface area contributed by atoms with E-state index in [4.69, 9.17) is 0 Å². The zero-order valence-corrected chi connectivity index (χ0v) is 11.1. The van der Waals surface area contributed by atoms with E-state index in [0.717, 1.165) is 17.1 Å². The third-order valence-electron chi connectivity index (χ3n) is 2.65. The summed E-state index contributed by atoms with van der Waals surface area (Å²) in [6, 6.07) is 17.1. The van der Waals surface area contributed by atoms with Crippen molar-refractivity contribution < 1.29 is 0 Å². The third kappa shape index (κ3) is 3.66. The molecule has 21 heavy (non-hydrogen) atoms. The first-order valence-corrected chi connectivity index (χ1v) is 6.36. The molecule has 0 bridgehead atoms. The van der Waals surface area contributed by atoms with Crippen LogP contribution < -0.4 is 5.32 Å². The van der Waals surface area contributed by atoms with Crippen LogP contribution in [0, 0.1) is 0 Å². The highest BCUT2D eigenvalue weighted by atomic mass is 15.1. The van der Waals surface area contributed by atoms with Crippen LogP contribution in [0.5, 0.6) is 0 Å². The van der Waals surface area contributed by atoms with Gasteiger partial charge in [-0.05, 0) is 36.4 Å². The van der Waals surface area contributed by atoms with E-state index >= 15 is 0 Å². The Hall–Kier alpha value is -3.15. The number of hydrogen-bond acceptors (Lipinski definition) is 6. The molecule has 1 N–H and O–H groups in total. The fraction of sp³-hybridized carbons (Fsp3) is 0. The lowest BCUT2D eigenvalue weighted by molar-refractivity contribution is 1.05. The normalized spacial score (nSPS) is 10.7. The van der Waals surface area contributed by atoms with Crippen LogP contribution in [-0.2, 0) is 0 Å². The molecule has 0 saturated carbocycles. The quantitative estimate of drug-likeness (QED) is 0.730. The monoisotopic (exact) mass is 276 g/mol. The predicted octanol–water partition coefficient (Wildman–Crippen LogP) is 4.03. The summed E-state index contributed by atoms with van der Waals surface area (Å²) in [6.45, 7) is 0. The molecule has 1 heterocycles. The summed E-state index contributed by atoms with van der Waals surface area (Å²) in [6.07, 6.45) is 2.88. The number of anilines is 2. The minimum atomic E-state index is 0.503. The molecule has 1 aromatic heterocycles. The van der Waals surface area contributed by atoms with E-state index in [0.29, 0.717) is 5.95 Å². The Labute approximate surface area is 121 Å². The Bertz CT molecular complexity index is 710. The average Bonchev–Trinajstić information content (AvgIpc) is 2.56. The minimum Gasteiger partial charge on any atom is -0.324 e. The number of azo groups is 1. The van der Waals surface area contributed by atoms with E-state index < -0.39 is 0 Å². The molecule has 0 unspecified atom stereocenters. The first-order chi connectivity index (χ1) is 10.4. The van der Waals surface area contributed by atoms with Crippen LogP contribution in [-0.4, -0.2) is 15.0 Å². The van der Waals surface area contributed by atoms with Gasteiger partial charge in [-0.25, -0.2) is 15.0 Å². The van der Waals surface area contributed by atoms with Crippen molar-refractivity contribution in [3.05, 3.63) is 67.3 Å². The predicted molar refractivity (Wildman–Crippen MR) is 80.2 cm³/mol. The number of hydrogen-bond donors (Lipinski definition) is 1. The number of nitrogens with one attached hydrogen (secondary N) is 1. The van der Waals surface area contributed by atoms with E-state index in [-0.39, 0.29) is 0 Å². The van der Waals surface area contributed by atoms with Crippen LogP contribution >= 0.6 is 0 Å². The lowest BCUT2D eigenvalue weighted by atomic mass is 10.3. The molecule has 6 heteroatoms. The highest BCUT2D eigenvalue weighted by Gasteiger charge is 1.97. The maximum atomic E-state index is 4.18. The van der Waals surface area contributed by atoms with Gasteiger partial charge in [0.25, 0.3) is 0 Å². The number of nitrogens with zero attached hydrogens (tertiary/aromatic N) is 5. The first-order valence-electron chi connectivity index (χ1n) is 6.36. The van der Waals surface area contributed by atoms with E-state index in [2.05, 4.69) is 30.5 Å². The molecule has 2 aromatic carbocycles. The number of aromatic nitrogens is 3. The second-order valence-electron chi connectivity index (χ2n) is 4.17. The Kier molecular flexibility index (Phi) is 3.88. The minimum absolute atomic E-state index is 0.503. The van der Waals surface area contributed by atoms with E-state index in [1.54, 1.807) is 0 Å². The second kappa shape index (κ2) is 6.33. The van der Waals surface area contributed by atoms with E-state index in [1.807, 2.05) is 54.6 Å². The maximum Gasteiger partial charge on any atom is 0.230 e. The Morgan fingerprint density at radius 1 is 0.714 bits per heavy atom. The zero-order chi connectivity index (χ0) is 14.3. The summed E-state index contributed by atoms with van der Waals surface area (Å²) in [5.41, 5.74) is 2.48. The fourth-order valence-electron chi connectivity index (χ4n) is 1.65. The maximum absolute atomic E-state index is 4.18. The van der Waals surface area contributed by atoms with Crippen molar-refractivity contribution in [2.45, 2.75) is 0 Å². The molecule has 0 aliphatic carbocycles. The van der Waals surface area contributed by atoms with Crippen molar-refractivity contribution >= 4 is 23.0 Å². The van der Waals surface area contributed by atoms with Gasteiger partial charge in [0, 0.05) is 5.69 Å². The smallest absolute Gasteiger partial charge is 0.230 e. The van der Waals surface area contributed by atoms with Gasteiger partial charge in [-0.1, -0.05) is 18.2 Å². The van der Waals surface area contributed by atoms with Gasteiger partial charge in [0.1, 0.15) is 12.7 Å². The molecule has 6 nitrogen and oxygen atoms in total. The fourth-order valence-corrected chi connectivity index (χ4v) is 1.65. The SMILES string of the molecule is c1ccc(/N=N/c2ccc(Nc3ncncn3)cc2)cc1. The van der Waals surface area contributed by atoms with Gasteiger partial charge < -0.3 is 5.32 Å². The molecule has 3 rings (SSSR count). The molecular weight excluding hydrogens is 264 g/mol. The molecule has 0 aliphatic heterocycles. The van der Waals surface area contributed by atoms with Crippen LogP contribution in [0.2, 0.25) is 0 Å². The topological polar surface area (TPSA) is 75.4 Å². The summed E-state index contributed by atoms with van der Waals surface area (Å²) in [4.78, 5) is 11.8.